The standard InChI is InChI=1S/C15H18N2O4/c18-14(19)13(10-4-2-1-3-5-10)16-15(20)17-8-11-6-7-12(9-17)21-11/h1-5,11-13H,6-9H2,(H,16,20)(H,18,19)/t11?,12?,13-/m1/s1. The number of carboxylic acid groups (broad SMARTS) is 1. The normalized spacial score (nSPS) is 25.4. The lowest BCUT2D eigenvalue weighted by molar-refractivity contribution is -0.139. The molecule has 6 heteroatoms. The van der Waals surface area contributed by atoms with E-state index >= 15 is 0 Å². The Labute approximate surface area is 122 Å². The predicted octanol–water partition coefficient (Wildman–Crippen LogP) is 1.39. The van der Waals surface area contributed by atoms with Crippen LogP contribution in [0.4, 0.5) is 4.79 Å². The van der Waals surface area contributed by atoms with Crippen molar-refractivity contribution in [2.75, 3.05) is 13.1 Å². The number of carbonyl (C=O) groups is 2. The summed E-state index contributed by atoms with van der Waals surface area (Å²) in [6, 6.07) is 7.35. The monoisotopic (exact) mass is 290 g/mol. The molecule has 0 aromatic heterocycles. The number of morpholine rings is 1. The summed E-state index contributed by atoms with van der Waals surface area (Å²) in [4.78, 5) is 25.4. The van der Waals surface area contributed by atoms with Gasteiger partial charge >= 0.3 is 12.0 Å². The summed E-state index contributed by atoms with van der Waals surface area (Å²) in [6.07, 6.45) is 2.12. The quantitative estimate of drug-likeness (QED) is 0.881. The van der Waals surface area contributed by atoms with E-state index in [9.17, 15) is 14.7 Å². The molecule has 21 heavy (non-hydrogen) atoms. The minimum absolute atomic E-state index is 0.0921. The second-order valence-electron chi connectivity index (χ2n) is 5.49. The Bertz CT molecular complexity index is 522. The van der Waals surface area contributed by atoms with Gasteiger partial charge in [0.15, 0.2) is 6.04 Å². The molecule has 2 aliphatic heterocycles. The first kappa shape index (κ1) is 13.9. The van der Waals surface area contributed by atoms with Gasteiger partial charge in [-0.2, -0.15) is 0 Å². The summed E-state index contributed by atoms with van der Waals surface area (Å²) >= 11 is 0. The SMILES string of the molecule is O=C(O)[C@H](NC(=O)N1CC2CCC(C1)O2)c1ccccc1. The summed E-state index contributed by atoms with van der Waals surface area (Å²) in [5.41, 5.74) is 0.564. The molecule has 2 saturated heterocycles. The Hall–Kier alpha value is -2.08. The Morgan fingerprint density at radius 3 is 2.38 bits per heavy atom. The zero-order valence-corrected chi connectivity index (χ0v) is 11.6. The zero-order valence-electron chi connectivity index (χ0n) is 11.6. The fourth-order valence-electron chi connectivity index (χ4n) is 2.93. The number of likely N-dealkylation sites (tertiary alicyclic amines) is 1. The molecular weight excluding hydrogens is 272 g/mol. The minimum atomic E-state index is -1.06. The summed E-state index contributed by atoms with van der Waals surface area (Å²) in [5.74, 6) is -1.06. The van der Waals surface area contributed by atoms with Gasteiger partial charge in [0.05, 0.1) is 12.2 Å². The molecule has 2 N–H and O–H groups in total. The number of hydrogen-bond donors (Lipinski definition) is 2. The van der Waals surface area contributed by atoms with E-state index in [1.807, 2.05) is 6.07 Å². The van der Waals surface area contributed by atoms with E-state index in [1.165, 1.54) is 0 Å². The third-order valence-corrected chi connectivity index (χ3v) is 3.98. The fraction of sp³-hybridized carbons (Fsp3) is 0.467. The number of ether oxygens (including phenoxy) is 1. The number of aliphatic carboxylic acids is 1. The summed E-state index contributed by atoms with van der Waals surface area (Å²) in [5, 5.41) is 11.9. The smallest absolute Gasteiger partial charge is 0.330 e. The van der Waals surface area contributed by atoms with Crippen molar-refractivity contribution in [1.29, 1.82) is 0 Å². The van der Waals surface area contributed by atoms with Crippen molar-refractivity contribution >= 4 is 12.0 Å². The van der Waals surface area contributed by atoms with Crippen LogP contribution < -0.4 is 5.32 Å². The number of amides is 2. The van der Waals surface area contributed by atoms with Crippen molar-refractivity contribution in [3.05, 3.63) is 35.9 Å². The maximum atomic E-state index is 12.3. The van der Waals surface area contributed by atoms with Crippen molar-refractivity contribution in [3.8, 4) is 0 Å². The molecule has 2 heterocycles. The molecule has 2 amide bonds. The highest BCUT2D eigenvalue weighted by molar-refractivity contribution is 5.83. The number of nitrogens with one attached hydrogen (secondary N) is 1. The maximum Gasteiger partial charge on any atom is 0.330 e. The van der Waals surface area contributed by atoms with E-state index < -0.39 is 12.0 Å². The van der Waals surface area contributed by atoms with E-state index in [0.717, 1.165) is 12.8 Å². The summed E-state index contributed by atoms with van der Waals surface area (Å²) in [7, 11) is 0. The zero-order chi connectivity index (χ0) is 14.8. The minimum Gasteiger partial charge on any atom is -0.479 e. The highest BCUT2D eigenvalue weighted by Gasteiger charge is 2.36. The molecule has 112 valence electrons. The summed E-state index contributed by atoms with van der Waals surface area (Å²) < 4.78 is 5.68. The molecule has 2 fully saturated rings. The highest BCUT2D eigenvalue weighted by Crippen LogP contribution is 2.26. The average molecular weight is 290 g/mol. The Morgan fingerprint density at radius 1 is 1.19 bits per heavy atom. The van der Waals surface area contributed by atoms with Crippen molar-refractivity contribution < 1.29 is 19.4 Å². The Balaban J connectivity index is 1.68. The van der Waals surface area contributed by atoms with Crippen molar-refractivity contribution in [1.82, 2.24) is 10.2 Å². The van der Waals surface area contributed by atoms with Gasteiger partial charge in [-0.15, -0.1) is 0 Å². The number of benzene rings is 1. The number of fused-ring (bicyclic) bond motifs is 2. The molecule has 2 unspecified atom stereocenters. The number of rotatable bonds is 3. The van der Waals surface area contributed by atoms with Crippen LogP contribution in [0.1, 0.15) is 24.4 Å². The first-order chi connectivity index (χ1) is 10.1. The van der Waals surface area contributed by atoms with E-state index in [0.29, 0.717) is 18.7 Å². The van der Waals surface area contributed by atoms with E-state index in [1.54, 1.807) is 29.2 Å². The van der Waals surface area contributed by atoms with Gasteiger partial charge in [-0.3, -0.25) is 0 Å². The lowest BCUT2D eigenvalue weighted by Crippen LogP contribution is -2.51. The topological polar surface area (TPSA) is 78.9 Å². The number of nitrogens with zero attached hydrogens (tertiary/aromatic N) is 1. The highest BCUT2D eigenvalue weighted by atomic mass is 16.5. The van der Waals surface area contributed by atoms with Gasteiger partial charge in [0.1, 0.15) is 0 Å². The first-order valence-electron chi connectivity index (χ1n) is 7.12. The molecule has 2 bridgehead atoms. The molecule has 3 atom stereocenters. The van der Waals surface area contributed by atoms with Crippen LogP contribution in [0.15, 0.2) is 30.3 Å². The molecule has 0 saturated carbocycles. The van der Waals surface area contributed by atoms with Crippen LogP contribution in [0.25, 0.3) is 0 Å². The third-order valence-electron chi connectivity index (χ3n) is 3.98. The van der Waals surface area contributed by atoms with Gasteiger partial charge in [0.25, 0.3) is 0 Å². The molecule has 3 rings (SSSR count). The van der Waals surface area contributed by atoms with Crippen LogP contribution in [0.3, 0.4) is 0 Å². The van der Waals surface area contributed by atoms with Gasteiger partial charge in [-0.25, -0.2) is 9.59 Å². The Kier molecular flexibility index (Phi) is 3.79. The van der Waals surface area contributed by atoms with Gasteiger partial charge in [0.2, 0.25) is 0 Å². The molecule has 0 radical (unpaired) electrons. The van der Waals surface area contributed by atoms with Crippen molar-refractivity contribution in [2.45, 2.75) is 31.1 Å². The second kappa shape index (κ2) is 5.73. The molecular formula is C15H18N2O4. The number of hydrogen-bond acceptors (Lipinski definition) is 3. The number of carbonyl (C=O) groups excluding carboxylic acids is 1. The van der Waals surface area contributed by atoms with Crippen molar-refractivity contribution in [3.63, 3.8) is 0 Å². The molecule has 2 aliphatic rings. The van der Waals surface area contributed by atoms with Crippen LogP contribution in [-0.2, 0) is 9.53 Å². The largest absolute Gasteiger partial charge is 0.479 e. The second-order valence-corrected chi connectivity index (χ2v) is 5.49. The van der Waals surface area contributed by atoms with Crippen LogP contribution in [0.5, 0.6) is 0 Å². The molecule has 0 spiro atoms. The van der Waals surface area contributed by atoms with E-state index in [4.69, 9.17) is 4.74 Å². The maximum absolute atomic E-state index is 12.3. The average Bonchev–Trinajstić information content (AvgIpc) is 2.83. The third kappa shape index (κ3) is 3.00. The van der Waals surface area contributed by atoms with Gasteiger partial charge < -0.3 is 20.1 Å². The molecule has 6 nitrogen and oxygen atoms in total. The lowest BCUT2D eigenvalue weighted by Gasteiger charge is -2.33. The van der Waals surface area contributed by atoms with Crippen LogP contribution in [-0.4, -0.2) is 47.3 Å². The van der Waals surface area contributed by atoms with Gasteiger partial charge in [-0.1, -0.05) is 30.3 Å². The first-order valence-corrected chi connectivity index (χ1v) is 7.12. The van der Waals surface area contributed by atoms with Gasteiger partial charge in [0, 0.05) is 13.1 Å². The van der Waals surface area contributed by atoms with E-state index in [2.05, 4.69) is 5.32 Å². The summed E-state index contributed by atoms with van der Waals surface area (Å²) in [6.45, 7) is 1.06. The number of urea groups is 1. The van der Waals surface area contributed by atoms with Crippen LogP contribution in [0, 0.1) is 0 Å². The molecule has 1 aromatic rings. The molecule has 1 aromatic carbocycles. The van der Waals surface area contributed by atoms with Crippen molar-refractivity contribution in [2.24, 2.45) is 0 Å². The van der Waals surface area contributed by atoms with Crippen LogP contribution >= 0.6 is 0 Å². The van der Waals surface area contributed by atoms with E-state index in [-0.39, 0.29) is 18.2 Å². The van der Waals surface area contributed by atoms with Crippen LogP contribution in [0.2, 0.25) is 0 Å². The van der Waals surface area contributed by atoms with Gasteiger partial charge in [-0.05, 0) is 18.4 Å². The lowest BCUT2D eigenvalue weighted by atomic mass is 10.1. The number of carboxylic acids is 1. The fourth-order valence-corrected chi connectivity index (χ4v) is 2.93. The molecule has 0 aliphatic carbocycles. The predicted molar refractivity (Wildman–Crippen MR) is 74.8 cm³/mol. The Morgan fingerprint density at radius 2 is 1.81 bits per heavy atom.